The van der Waals surface area contributed by atoms with Crippen LogP contribution in [0.4, 0.5) is 0 Å². The first-order valence-electron chi connectivity index (χ1n) is 7.68. The molecule has 3 nitrogen and oxygen atoms in total. The lowest BCUT2D eigenvalue weighted by Crippen LogP contribution is -2.13. The number of hydrogen-bond acceptors (Lipinski definition) is 3. The molecule has 3 aromatic rings. The van der Waals surface area contributed by atoms with Gasteiger partial charge in [0.15, 0.2) is 0 Å². The number of carbonyl (C=O) groups excluding carboxylic acids is 1. The number of ether oxygens (including phenoxy) is 1. The standard InChI is InChI=1S/C15H16O2.C5H5N/c1-3-12(15(16)17-2)14-10-6-8-11-7-4-5-9-13(11)14;1-2-4-6-5-3-1/h4-10,12H,3H2,1-2H3;1-5H. The molecule has 1 atom stereocenters. The van der Waals surface area contributed by atoms with Crippen molar-refractivity contribution >= 4 is 16.7 Å². The molecule has 0 aliphatic heterocycles. The molecule has 1 unspecified atom stereocenters. The summed E-state index contributed by atoms with van der Waals surface area (Å²) in [6.07, 6.45) is 4.25. The predicted octanol–water partition coefficient (Wildman–Crippen LogP) is 4.59. The van der Waals surface area contributed by atoms with Crippen molar-refractivity contribution in [3.05, 3.63) is 78.6 Å². The summed E-state index contributed by atoms with van der Waals surface area (Å²) in [6.45, 7) is 2.00. The highest BCUT2D eigenvalue weighted by Crippen LogP contribution is 2.28. The highest BCUT2D eigenvalue weighted by Gasteiger charge is 2.20. The molecule has 0 N–H and O–H groups in total. The van der Waals surface area contributed by atoms with Crippen LogP contribution in [0, 0.1) is 0 Å². The molecular weight excluding hydrogens is 286 g/mol. The van der Waals surface area contributed by atoms with Crippen molar-refractivity contribution in [1.29, 1.82) is 0 Å². The fraction of sp³-hybridized carbons (Fsp3) is 0.200. The van der Waals surface area contributed by atoms with Gasteiger partial charge in [0.05, 0.1) is 13.0 Å². The second kappa shape index (κ2) is 8.69. The Bertz CT molecular complexity index is 709. The molecule has 0 saturated heterocycles. The van der Waals surface area contributed by atoms with Crippen LogP contribution in [0.25, 0.3) is 10.8 Å². The summed E-state index contributed by atoms with van der Waals surface area (Å²) in [4.78, 5) is 15.5. The average Bonchev–Trinajstić information content (AvgIpc) is 2.64. The number of hydrogen-bond donors (Lipinski definition) is 0. The van der Waals surface area contributed by atoms with Gasteiger partial charge < -0.3 is 4.74 Å². The van der Waals surface area contributed by atoms with Crippen LogP contribution in [0.1, 0.15) is 24.8 Å². The minimum atomic E-state index is -0.175. The van der Waals surface area contributed by atoms with E-state index in [1.165, 1.54) is 7.11 Å². The van der Waals surface area contributed by atoms with Crippen LogP contribution in [-0.4, -0.2) is 18.1 Å². The molecule has 0 saturated carbocycles. The van der Waals surface area contributed by atoms with Crippen LogP contribution in [0.2, 0.25) is 0 Å². The van der Waals surface area contributed by atoms with Gasteiger partial charge in [-0.25, -0.2) is 0 Å². The highest BCUT2D eigenvalue weighted by molar-refractivity contribution is 5.91. The lowest BCUT2D eigenvalue weighted by atomic mass is 9.91. The quantitative estimate of drug-likeness (QED) is 0.664. The molecule has 3 rings (SSSR count). The Balaban J connectivity index is 0.000000268. The Morgan fingerprint density at radius 2 is 1.70 bits per heavy atom. The van der Waals surface area contributed by atoms with Crippen molar-refractivity contribution in [1.82, 2.24) is 4.98 Å². The SMILES string of the molecule is CCC(C(=O)OC)c1cccc2ccccc12.c1ccncc1. The summed E-state index contributed by atoms with van der Waals surface area (Å²) in [6, 6.07) is 19.9. The summed E-state index contributed by atoms with van der Waals surface area (Å²) in [5.41, 5.74) is 1.05. The molecule has 0 spiro atoms. The van der Waals surface area contributed by atoms with Gasteiger partial charge in [-0.3, -0.25) is 9.78 Å². The van der Waals surface area contributed by atoms with Crippen molar-refractivity contribution < 1.29 is 9.53 Å². The summed E-state index contributed by atoms with van der Waals surface area (Å²) in [5.74, 6) is -0.338. The monoisotopic (exact) mass is 307 g/mol. The summed E-state index contributed by atoms with van der Waals surface area (Å²) < 4.78 is 4.87. The smallest absolute Gasteiger partial charge is 0.313 e. The van der Waals surface area contributed by atoms with Crippen LogP contribution in [0.5, 0.6) is 0 Å². The van der Waals surface area contributed by atoms with Gasteiger partial charge in [-0.1, -0.05) is 55.5 Å². The topological polar surface area (TPSA) is 39.2 Å². The number of carbonyl (C=O) groups is 1. The minimum absolute atomic E-state index is 0.163. The van der Waals surface area contributed by atoms with Crippen molar-refractivity contribution in [3.63, 3.8) is 0 Å². The third kappa shape index (κ3) is 4.39. The van der Waals surface area contributed by atoms with Gasteiger partial charge in [0.1, 0.15) is 0 Å². The van der Waals surface area contributed by atoms with Gasteiger partial charge >= 0.3 is 5.97 Å². The lowest BCUT2D eigenvalue weighted by Gasteiger charge is -2.15. The van der Waals surface area contributed by atoms with E-state index < -0.39 is 0 Å². The van der Waals surface area contributed by atoms with Gasteiger partial charge in [-0.15, -0.1) is 0 Å². The van der Waals surface area contributed by atoms with Crippen molar-refractivity contribution in [2.75, 3.05) is 7.11 Å². The predicted molar refractivity (Wildman–Crippen MR) is 93.2 cm³/mol. The number of fused-ring (bicyclic) bond motifs is 1. The van der Waals surface area contributed by atoms with E-state index in [2.05, 4.69) is 23.2 Å². The zero-order chi connectivity index (χ0) is 16.5. The molecule has 118 valence electrons. The summed E-state index contributed by atoms with van der Waals surface area (Å²) >= 11 is 0. The van der Waals surface area contributed by atoms with E-state index in [-0.39, 0.29) is 11.9 Å². The average molecular weight is 307 g/mol. The fourth-order valence-electron chi connectivity index (χ4n) is 2.52. The molecule has 0 radical (unpaired) electrons. The number of nitrogens with zero attached hydrogens (tertiary/aromatic N) is 1. The third-order valence-electron chi connectivity index (χ3n) is 3.66. The van der Waals surface area contributed by atoms with Crippen molar-refractivity contribution in [2.24, 2.45) is 0 Å². The Morgan fingerprint density at radius 3 is 2.26 bits per heavy atom. The Hall–Kier alpha value is -2.68. The first-order chi connectivity index (χ1) is 11.3. The molecule has 1 aromatic heterocycles. The number of methoxy groups -OCH3 is 1. The van der Waals surface area contributed by atoms with E-state index in [1.807, 2.05) is 49.4 Å². The number of aromatic nitrogens is 1. The first kappa shape index (κ1) is 16.7. The van der Waals surface area contributed by atoms with Crippen LogP contribution in [0.3, 0.4) is 0 Å². The normalized spacial score (nSPS) is 11.2. The fourth-order valence-corrected chi connectivity index (χ4v) is 2.52. The highest BCUT2D eigenvalue weighted by atomic mass is 16.5. The van der Waals surface area contributed by atoms with E-state index in [0.717, 1.165) is 22.8 Å². The summed E-state index contributed by atoms with van der Waals surface area (Å²) in [5, 5.41) is 2.29. The van der Waals surface area contributed by atoms with Gasteiger partial charge in [0, 0.05) is 12.4 Å². The number of esters is 1. The number of pyridine rings is 1. The summed E-state index contributed by atoms with van der Waals surface area (Å²) in [7, 11) is 1.44. The van der Waals surface area contributed by atoms with Crippen molar-refractivity contribution in [2.45, 2.75) is 19.3 Å². The molecule has 23 heavy (non-hydrogen) atoms. The lowest BCUT2D eigenvalue weighted by molar-refractivity contribution is -0.142. The molecular formula is C20H21NO2. The molecule has 0 aliphatic rings. The molecule has 0 amide bonds. The second-order valence-electron chi connectivity index (χ2n) is 5.08. The minimum Gasteiger partial charge on any atom is -0.469 e. The zero-order valence-electron chi connectivity index (χ0n) is 13.5. The molecule has 3 heteroatoms. The van der Waals surface area contributed by atoms with Gasteiger partial charge in [0.2, 0.25) is 0 Å². The third-order valence-corrected chi connectivity index (χ3v) is 3.66. The zero-order valence-corrected chi connectivity index (χ0v) is 13.5. The van der Waals surface area contributed by atoms with E-state index in [0.29, 0.717) is 0 Å². The van der Waals surface area contributed by atoms with Gasteiger partial charge in [-0.05, 0) is 34.9 Å². The molecule has 0 fully saturated rings. The largest absolute Gasteiger partial charge is 0.469 e. The van der Waals surface area contributed by atoms with Crippen LogP contribution in [-0.2, 0) is 9.53 Å². The first-order valence-corrected chi connectivity index (χ1v) is 7.68. The molecule has 1 heterocycles. The number of benzene rings is 2. The molecule has 0 aliphatic carbocycles. The Morgan fingerprint density at radius 1 is 1.00 bits per heavy atom. The van der Waals surface area contributed by atoms with E-state index in [9.17, 15) is 4.79 Å². The maximum atomic E-state index is 11.8. The Labute approximate surface area is 136 Å². The van der Waals surface area contributed by atoms with E-state index in [1.54, 1.807) is 12.4 Å². The second-order valence-corrected chi connectivity index (χ2v) is 5.08. The Kier molecular flexibility index (Phi) is 6.30. The maximum Gasteiger partial charge on any atom is 0.313 e. The molecule has 2 aromatic carbocycles. The maximum absolute atomic E-state index is 11.8. The van der Waals surface area contributed by atoms with Crippen LogP contribution >= 0.6 is 0 Å². The van der Waals surface area contributed by atoms with Gasteiger partial charge in [-0.2, -0.15) is 0 Å². The molecule has 0 bridgehead atoms. The van der Waals surface area contributed by atoms with Crippen LogP contribution < -0.4 is 0 Å². The van der Waals surface area contributed by atoms with Crippen molar-refractivity contribution in [3.8, 4) is 0 Å². The van der Waals surface area contributed by atoms with E-state index in [4.69, 9.17) is 4.74 Å². The van der Waals surface area contributed by atoms with Crippen LogP contribution in [0.15, 0.2) is 73.1 Å². The number of rotatable bonds is 3. The van der Waals surface area contributed by atoms with E-state index >= 15 is 0 Å². The van der Waals surface area contributed by atoms with Gasteiger partial charge in [0.25, 0.3) is 0 Å².